The van der Waals surface area contributed by atoms with Gasteiger partial charge in [0.15, 0.2) is 18.4 Å². The summed E-state index contributed by atoms with van der Waals surface area (Å²) in [6.07, 6.45) is -5.94. The number of ether oxygens (including phenoxy) is 6. The molecular formula is C38H60O13. The van der Waals surface area contributed by atoms with E-state index in [0.717, 1.165) is 25.7 Å². The first kappa shape index (κ1) is 37.2. The molecule has 8 unspecified atom stereocenters. The molecule has 0 aromatic rings. The van der Waals surface area contributed by atoms with Crippen molar-refractivity contribution in [2.24, 2.45) is 46.3 Å². The molecule has 13 nitrogen and oxygen atoms in total. The molecule has 22 atom stereocenters. The zero-order chi connectivity index (χ0) is 36.4. The summed E-state index contributed by atoms with van der Waals surface area (Å²) in [7, 11) is 0. The Bertz CT molecular complexity index is 1330. The van der Waals surface area contributed by atoms with Gasteiger partial charge in [0, 0.05) is 30.1 Å². The van der Waals surface area contributed by atoms with Crippen LogP contribution in [0, 0.1) is 46.3 Å². The third-order valence-electron chi connectivity index (χ3n) is 15.4. The fourth-order valence-electron chi connectivity index (χ4n) is 12.4. The molecule has 4 aliphatic heterocycles. The number of hydrogen-bond acceptors (Lipinski definition) is 13. The van der Waals surface area contributed by atoms with Gasteiger partial charge in [-0.1, -0.05) is 39.3 Å². The molecule has 4 aliphatic carbocycles. The molecule has 3 saturated carbocycles. The van der Waals surface area contributed by atoms with Crippen molar-refractivity contribution in [2.45, 2.75) is 165 Å². The van der Waals surface area contributed by atoms with Crippen LogP contribution in [0.2, 0.25) is 0 Å². The van der Waals surface area contributed by atoms with E-state index in [0.29, 0.717) is 43.6 Å². The molecule has 0 radical (unpaired) electrons. The smallest absolute Gasteiger partial charge is 0.187 e. The Morgan fingerprint density at radius 2 is 1.59 bits per heavy atom. The van der Waals surface area contributed by atoms with E-state index in [2.05, 4.69) is 26.8 Å². The molecule has 13 heteroatoms. The highest BCUT2D eigenvalue weighted by Crippen LogP contribution is 2.71. The van der Waals surface area contributed by atoms with Crippen LogP contribution in [0.5, 0.6) is 0 Å². The molecule has 7 N–H and O–H groups in total. The summed E-state index contributed by atoms with van der Waals surface area (Å²) >= 11 is 0. The summed E-state index contributed by atoms with van der Waals surface area (Å²) < 4.78 is 37.8. The maximum Gasteiger partial charge on any atom is 0.187 e. The van der Waals surface area contributed by atoms with Crippen LogP contribution in [0.3, 0.4) is 0 Å². The van der Waals surface area contributed by atoms with Gasteiger partial charge in [0.1, 0.15) is 36.6 Å². The van der Waals surface area contributed by atoms with E-state index in [4.69, 9.17) is 28.4 Å². The average Bonchev–Trinajstić information content (AvgIpc) is 3.53. The van der Waals surface area contributed by atoms with Crippen LogP contribution in [0.25, 0.3) is 0 Å². The molecule has 51 heavy (non-hydrogen) atoms. The highest BCUT2D eigenvalue weighted by molar-refractivity contribution is 5.29. The second kappa shape index (κ2) is 13.2. The first-order chi connectivity index (χ1) is 24.1. The molecule has 4 saturated heterocycles. The fraction of sp³-hybridized carbons (Fsp3) is 0.947. The zero-order valence-corrected chi connectivity index (χ0v) is 30.5. The lowest BCUT2D eigenvalue weighted by Gasteiger charge is -2.60. The molecule has 1 spiro atoms. The number of fused-ring (bicyclic) bond motifs is 7. The van der Waals surface area contributed by atoms with E-state index in [9.17, 15) is 35.7 Å². The van der Waals surface area contributed by atoms with E-state index in [1.54, 1.807) is 0 Å². The Kier molecular flexibility index (Phi) is 9.60. The first-order valence-electron chi connectivity index (χ1n) is 19.4. The molecule has 0 aromatic carbocycles. The topological polar surface area (TPSA) is 197 Å². The van der Waals surface area contributed by atoms with Crippen LogP contribution >= 0.6 is 0 Å². The van der Waals surface area contributed by atoms with E-state index in [-0.39, 0.29) is 35.9 Å². The Labute approximate surface area is 300 Å². The number of rotatable bonds is 4. The third-order valence-corrected chi connectivity index (χ3v) is 15.4. The summed E-state index contributed by atoms with van der Waals surface area (Å²) in [4.78, 5) is 0. The zero-order valence-electron chi connectivity index (χ0n) is 30.5. The Morgan fingerprint density at radius 3 is 2.33 bits per heavy atom. The van der Waals surface area contributed by atoms with Crippen molar-refractivity contribution in [3.8, 4) is 0 Å². The normalized spacial score (nSPS) is 59.8. The van der Waals surface area contributed by atoms with E-state index in [1.807, 2.05) is 6.92 Å². The van der Waals surface area contributed by atoms with Gasteiger partial charge in [-0.3, -0.25) is 0 Å². The van der Waals surface area contributed by atoms with Crippen LogP contribution in [-0.2, 0) is 28.4 Å². The van der Waals surface area contributed by atoms with Crippen molar-refractivity contribution in [1.82, 2.24) is 0 Å². The van der Waals surface area contributed by atoms with Gasteiger partial charge in [-0.2, -0.15) is 0 Å². The van der Waals surface area contributed by atoms with Crippen molar-refractivity contribution >= 4 is 0 Å². The quantitative estimate of drug-likeness (QED) is 0.203. The average molecular weight is 725 g/mol. The number of aliphatic hydroxyl groups excluding tert-OH is 7. The van der Waals surface area contributed by atoms with Gasteiger partial charge in [0.25, 0.3) is 0 Å². The maximum atomic E-state index is 11.1. The van der Waals surface area contributed by atoms with E-state index in [1.165, 1.54) is 12.5 Å². The second-order valence-corrected chi connectivity index (χ2v) is 18.0. The molecular weight excluding hydrogens is 664 g/mol. The first-order valence-corrected chi connectivity index (χ1v) is 19.4. The van der Waals surface area contributed by atoms with Crippen molar-refractivity contribution in [2.75, 3.05) is 13.2 Å². The summed E-state index contributed by atoms with van der Waals surface area (Å²) in [5.41, 5.74) is 0.759. The van der Waals surface area contributed by atoms with Gasteiger partial charge in [-0.15, -0.1) is 0 Å². The van der Waals surface area contributed by atoms with Gasteiger partial charge in [0.05, 0.1) is 43.7 Å². The summed E-state index contributed by atoms with van der Waals surface area (Å²) in [6, 6.07) is 0. The third kappa shape index (κ3) is 5.66. The molecule has 8 aliphatic rings. The minimum absolute atomic E-state index is 0.0418. The largest absolute Gasteiger partial charge is 0.393 e. The Hall–Kier alpha value is -0.780. The van der Waals surface area contributed by atoms with Crippen LogP contribution < -0.4 is 0 Å². The minimum atomic E-state index is -1.62. The van der Waals surface area contributed by atoms with Crippen LogP contribution in [0.1, 0.15) is 79.6 Å². The lowest BCUT2D eigenvalue weighted by Crippen LogP contribution is -2.63. The van der Waals surface area contributed by atoms with E-state index < -0.39 is 84.8 Å². The minimum Gasteiger partial charge on any atom is -0.393 e. The number of hydrogen-bond donors (Lipinski definition) is 7. The fourth-order valence-corrected chi connectivity index (χ4v) is 12.4. The molecule has 0 aromatic heterocycles. The summed E-state index contributed by atoms with van der Waals surface area (Å²) in [5, 5.41) is 75.0. The molecule has 290 valence electrons. The molecule has 4 heterocycles. The number of allylic oxidation sites excluding steroid dienone is 1. The Balaban J connectivity index is 1.04. The second-order valence-electron chi connectivity index (χ2n) is 18.0. The summed E-state index contributed by atoms with van der Waals surface area (Å²) in [5.74, 6) is 0.859. The van der Waals surface area contributed by atoms with Gasteiger partial charge < -0.3 is 64.2 Å². The van der Waals surface area contributed by atoms with Crippen LogP contribution in [0.15, 0.2) is 11.6 Å². The van der Waals surface area contributed by atoms with Crippen molar-refractivity contribution < 1.29 is 64.2 Å². The maximum absolute atomic E-state index is 11.1. The van der Waals surface area contributed by atoms with Gasteiger partial charge in [0.2, 0.25) is 0 Å². The lowest BCUT2D eigenvalue weighted by atomic mass is 9.46. The molecule has 7 fully saturated rings. The Morgan fingerprint density at radius 1 is 0.824 bits per heavy atom. The van der Waals surface area contributed by atoms with Crippen molar-refractivity contribution in [3.63, 3.8) is 0 Å². The standard InChI is InChI=1S/C38H60O13/c1-16-14-47-38(13-24(16)40)17(2)28-26(51-38)12-23-21-7-6-19-10-20(39)11-27(37(19,5)22(21)8-9-36(23,28)4)49-35-33(30(43)25(41)15-46-35)50-34-32(45)31(44)29(42)18(3)48-34/h6,16-18,20-35,39-45H,7-15H2,1-5H3/t16-,17-,18?,20+,21+,22?,23?,24-,25+,26-,27+,28?,29-,30?,31?,32?,33?,34-,35+,36-,37-,38+/m0/s1. The molecule has 0 bridgehead atoms. The SMILES string of the molecule is CC1O[C@@H](OC2C(O)[C@H](O)CO[C@@H]2O[C@@H]2C[C@H](O)CC3=CC[C@H]4C5C[C@@H]6O[C@]7(C[C@H](O)[C@@H](C)CO7)[C@@H](C)C6[C@@]5(C)CCC4[C@]32C)C(O)C(O)[C@H]1O. The van der Waals surface area contributed by atoms with Crippen LogP contribution in [0.4, 0.5) is 0 Å². The van der Waals surface area contributed by atoms with Crippen molar-refractivity contribution in [1.29, 1.82) is 0 Å². The van der Waals surface area contributed by atoms with E-state index >= 15 is 0 Å². The van der Waals surface area contributed by atoms with Gasteiger partial charge in [-0.25, -0.2) is 0 Å². The predicted octanol–water partition coefficient (Wildman–Crippen LogP) is 0.971. The van der Waals surface area contributed by atoms with Crippen molar-refractivity contribution in [3.05, 3.63) is 11.6 Å². The predicted molar refractivity (Wildman–Crippen MR) is 178 cm³/mol. The lowest BCUT2D eigenvalue weighted by molar-refractivity contribution is -0.362. The monoisotopic (exact) mass is 724 g/mol. The molecule has 0 amide bonds. The highest BCUT2D eigenvalue weighted by Gasteiger charge is 2.70. The highest BCUT2D eigenvalue weighted by atomic mass is 16.8. The number of aliphatic hydroxyl groups is 7. The van der Waals surface area contributed by atoms with Crippen LogP contribution in [-0.4, -0.2) is 134 Å². The van der Waals surface area contributed by atoms with Gasteiger partial charge in [-0.05, 0) is 68.1 Å². The van der Waals surface area contributed by atoms with Gasteiger partial charge >= 0.3 is 0 Å². The summed E-state index contributed by atoms with van der Waals surface area (Å²) in [6.45, 7) is 10.8. The molecule has 8 rings (SSSR count).